The number of hydrogen-bond acceptors (Lipinski definition) is 2. The van der Waals surface area contributed by atoms with Crippen LogP contribution in [0.5, 0.6) is 0 Å². The summed E-state index contributed by atoms with van der Waals surface area (Å²) >= 11 is 0. The van der Waals surface area contributed by atoms with Crippen LogP contribution >= 0.6 is 0 Å². The van der Waals surface area contributed by atoms with Crippen LogP contribution in [0.15, 0.2) is 18.2 Å². The molecule has 21 heavy (non-hydrogen) atoms. The zero-order valence-corrected chi connectivity index (χ0v) is 12.0. The number of halogens is 2. The molecule has 0 aromatic heterocycles. The van der Waals surface area contributed by atoms with Crippen LogP contribution in [0.4, 0.5) is 14.5 Å². The Kier molecular flexibility index (Phi) is 4.25. The number of carbonyl (C=O) groups is 2. The van der Waals surface area contributed by atoms with Gasteiger partial charge in [-0.15, -0.1) is 0 Å². The van der Waals surface area contributed by atoms with Crippen molar-refractivity contribution in [3.8, 4) is 0 Å². The molecule has 0 spiro atoms. The van der Waals surface area contributed by atoms with Gasteiger partial charge < -0.3 is 10.6 Å². The standard InChI is InChI=1S/C15H18F2N2O2/c1-9(2)8-18-13(20)15(5-6-15)14(21)19-10-3-4-11(16)12(17)7-10/h3-4,7,9H,5-6,8H2,1-2H3,(H,18,20)(H,19,21). The molecule has 0 atom stereocenters. The molecule has 4 nitrogen and oxygen atoms in total. The van der Waals surface area contributed by atoms with Crippen LogP contribution in [-0.2, 0) is 9.59 Å². The third-order valence-electron chi connectivity index (χ3n) is 3.47. The van der Waals surface area contributed by atoms with Gasteiger partial charge in [-0.1, -0.05) is 13.8 Å². The molecule has 1 aromatic carbocycles. The highest BCUT2D eigenvalue weighted by Gasteiger charge is 2.56. The predicted molar refractivity (Wildman–Crippen MR) is 74.5 cm³/mol. The molecular weight excluding hydrogens is 278 g/mol. The van der Waals surface area contributed by atoms with Crippen LogP contribution in [0, 0.1) is 23.0 Å². The fourth-order valence-electron chi connectivity index (χ4n) is 1.97. The smallest absolute Gasteiger partial charge is 0.240 e. The Balaban J connectivity index is 2.02. The van der Waals surface area contributed by atoms with Crippen molar-refractivity contribution >= 4 is 17.5 Å². The van der Waals surface area contributed by atoms with E-state index in [2.05, 4.69) is 10.6 Å². The van der Waals surface area contributed by atoms with E-state index in [0.717, 1.165) is 12.1 Å². The van der Waals surface area contributed by atoms with Crippen molar-refractivity contribution in [2.45, 2.75) is 26.7 Å². The fourth-order valence-corrected chi connectivity index (χ4v) is 1.97. The van der Waals surface area contributed by atoms with Crippen LogP contribution < -0.4 is 10.6 Å². The monoisotopic (exact) mass is 296 g/mol. The zero-order valence-electron chi connectivity index (χ0n) is 12.0. The van der Waals surface area contributed by atoms with E-state index in [4.69, 9.17) is 0 Å². The Morgan fingerprint density at radius 2 is 1.86 bits per heavy atom. The summed E-state index contributed by atoms with van der Waals surface area (Å²) in [7, 11) is 0. The largest absolute Gasteiger partial charge is 0.355 e. The third kappa shape index (κ3) is 3.37. The lowest BCUT2D eigenvalue weighted by Gasteiger charge is -2.16. The maximum atomic E-state index is 13.1. The average molecular weight is 296 g/mol. The second-order valence-corrected chi connectivity index (χ2v) is 5.77. The molecule has 2 amide bonds. The van der Waals surface area contributed by atoms with E-state index in [1.807, 2.05) is 13.8 Å². The van der Waals surface area contributed by atoms with Gasteiger partial charge in [0, 0.05) is 18.3 Å². The second-order valence-electron chi connectivity index (χ2n) is 5.77. The minimum Gasteiger partial charge on any atom is -0.355 e. The summed E-state index contributed by atoms with van der Waals surface area (Å²) in [4.78, 5) is 24.3. The normalized spacial score (nSPS) is 15.7. The number of carbonyl (C=O) groups excluding carboxylic acids is 2. The molecule has 2 N–H and O–H groups in total. The lowest BCUT2D eigenvalue weighted by Crippen LogP contribution is -2.41. The third-order valence-corrected chi connectivity index (χ3v) is 3.47. The maximum absolute atomic E-state index is 13.1. The molecule has 0 radical (unpaired) electrons. The highest BCUT2D eigenvalue weighted by molar-refractivity contribution is 6.13. The number of rotatable bonds is 5. The summed E-state index contributed by atoms with van der Waals surface area (Å²) < 4.78 is 25.9. The summed E-state index contributed by atoms with van der Waals surface area (Å²) in [5.74, 6) is -2.52. The first kappa shape index (κ1) is 15.4. The molecule has 1 fully saturated rings. The van der Waals surface area contributed by atoms with Crippen molar-refractivity contribution in [1.29, 1.82) is 0 Å². The van der Waals surface area contributed by atoms with Crippen LogP contribution in [0.25, 0.3) is 0 Å². The molecule has 0 saturated heterocycles. The van der Waals surface area contributed by atoms with Crippen LogP contribution in [0.2, 0.25) is 0 Å². The van der Waals surface area contributed by atoms with Crippen LogP contribution in [0.1, 0.15) is 26.7 Å². The van der Waals surface area contributed by atoms with Gasteiger partial charge >= 0.3 is 0 Å². The van der Waals surface area contributed by atoms with Gasteiger partial charge in [-0.25, -0.2) is 8.78 Å². The lowest BCUT2D eigenvalue weighted by molar-refractivity contribution is -0.134. The molecule has 6 heteroatoms. The van der Waals surface area contributed by atoms with E-state index in [1.54, 1.807) is 0 Å². The Morgan fingerprint density at radius 3 is 2.38 bits per heavy atom. The highest BCUT2D eigenvalue weighted by atomic mass is 19.2. The minimum atomic E-state index is -1.07. The molecule has 1 aromatic rings. The van der Waals surface area contributed by atoms with Gasteiger partial charge in [-0.05, 0) is 30.9 Å². The number of benzene rings is 1. The first-order chi connectivity index (χ1) is 9.85. The zero-order chi connectivity index (χ0) is 15.6. The molecule has 0 heterocycles. The second kappa shape index (κ2) is 5.79. The molecule has 0 bridgehead atoms. The summed E-state index contributed by atoms with van der Waals surface area (Å²) in [5, 5.41) is 5.21. The molecule has 1 aliphatic rings. The predicted octanol–water partition coefficient (Wildman–Crippen LogP) is 2.46. The van der Waals surface area contributed by atoms with Crippen molar-refractivity contribution < 1.29 is 18.4 Å². The topological polar surface area (TPSA) is 58.2 Å². The van der Waals surface area contributed by atoms with Gasteiger partial charge in [-0.2, -0.15) is 0 Å². The highest BCUT2D eigenvalue weighted by Crippen LogP contribution is 2.46. The van der Waals surface area contributed by atoms with Gasteiger partial charge in [0.25, 0.3) is 0 Å². The average Bonchev–Trinajstić information content (AvgIpc) is 3.21. The SMILES string of the molecule is CC(C)CNC(=O)C1(C(=O)Nc2ccc(F)c(F)c2)CC1. The Bertz CT molecular complexity index is 569. The fraction of sp³-hybridized carbons (Fsp3) is 0.467. The van der Waals surface area contributed by atoms with Gasteiger partial charge in [0.2, 0.25) is 11.8 Å². The van der Waals surface area contributed by atoms with Gasteiger partial charge in [-0.3, -0.25) is 9.59 Å². The Hall–Kier alpha value is -1.98. The maximum Gasteiger partial charge on any atom is 0.240 e. The Morgan fingerprint density at radius 1 is 1.19 bits per heavy atom. The number of amides is 2. The van der Waals surface area contributed by atoms with E-state index in [1.165, 1.54) is 6.07 Å². The van der Waals surface area contributed by atoms with E-state index in [-0.39, 0.29) is 11.6 Å². The summed E-state index contributed by atoms with van der Waals surface area (Å²) in [6, 6.07) is 3.09. The van der Waals surface area contributed by atoms with Crippen LogP contribution in [0.3, 0.4) is 0 Å². The molecule has 114 valence electrons. The van der Waals surface area contributed by atoms with Crippen molar-refractivity contribution in [2.24, 2.45) is 11.3 Å². The van der Waals surface area contributed by atoms with Gasteiger partial charge in [0.05, 0.1) is 0 Å². The van der Waals surface area contributed by atoms with E-state index in [0.29, 0.717) is 25.3 Å². The number of hydrogen-bond donors (Lipinski definition) is 2. The molecule has 0 unspecified atom stereocenters. The van der Waals surface area contributed by atoms with Crippen molar-refractivity contribution in [1.82, 2.24) is 5.32 Å². The summed E-state index contributed by atoms with van der Waals surface area (Å²) in [6.07, 6.45) is 0.929. The number of nitrogens with one attached hydrogen (secondary N) is 2. The van der Waals surface area contributed by atoms with Gasteiger partial charge in [0.1, 0.15) is 5.41 Å². The van der Waals surface area contributed by atoms with E-state index < -0.39 is 23.0 Å². The molecule has 0 aliphatic heterocycles. The van der Waals surface area contributed by atoms with Crippen molar-refractivity contribution in [3.63, 3.8) is 0 Å². The molecule has 1 aliphatic carbocycles. The minimum absolute atomic E-state index is 0.141. The van der Waals surface area contributed by atoms with Crippen LogP contribution in [-0.4, -0.2) is 18.4 Å². The quantitative estimate of drug-likeness (QED) is 0.820. The first-order valence-electron chi connectivity index (χ1n) is 6.90. The lowest BCUT2D eigenvalue weighted by atomic mass is 10.0. The van der Waals surface area contributed by atoms with E-state index in [9.17, 15) is 18.4 Å². The molecular formula is C15H18F2N2O2. The van der Waals surface area contributed by atoms with E-state index >= 15 is 0 Å². The Labute approximate surface area is 121 Å². The number of anilines is 1. The molecule has 1 saturated carbocycles. The van der Waals surface area contributed by atoms with Gasteiger partial charge in [0.15, 0.2) is 11.6 Å². The summed E-state index contributed by atoms with van der Waals surface area (Å²) in [5.41, 5.74) is -0.929. The first-order valence-corrected chi connectivity index (χ1v) is 6.90. The van der Waals surface area contributed by atoms with Crippen molar-refractivity contribution in [3.05, 3.63) is 29.8 Å². The summed E-state index contributed by atoms with van der Waals surface area (Å²) in [6.45, 7) is 4.42. The molecule has 2 rings (SSSR count). The van der Waals surface area contributed by atoms with Crippen molar-refractivity contribution in [2.75, 3.05) is 11.9 Å².